The topological polar surface area (TPSA) is 44.8 Å². The number of hydrogen-bond donors (Lipinski definition) is 1. The maximum absolute atomic E-state index is 12.2. The number of aryl methyl sites for hydroxylation is 1. The molecular weight excluding hydrogens is 406 g/mol. The number of piperazine rings is 1. The predicted molar refractivity (Wildman–Crippen MR) is 114 cm³/mol. The van der Waals surface area contributed by atoms with Crippen LogP contribution in [-0.4, -0.2) is 50.6 Å². The third kappa shape index (κ3) is 5.47. The van der Waals surface area contributed by atoms with Crippen molar-refractivity contribution in [2.75, 3.05) is 50.1 Å². The smallest absolute Gasteiger partial charge is 0.262 e. The van der Waals surface area contributed by atoms with E-state index in [1.807, 2.05) is 30.3 Å². The number of ether oxygens (including phenoxy) is 1. The van der Waals surface area contributed by atoms with Crippen LogP contribution in [0.3, 0.4) is 0 Å². The summed E-state index contributed by atoms with van der Waals surface area (Å²) < 4.78 is 6.49. The summed E-state index contributed by atoms with van der Waals surface area (Å²) in [5, 5.41) is 2.89. The average Bonchev–Trinajstić information content (AvgIpc) is 2.68. The first-order valence-electron chi connectivity index (χ1n) is 9.30. The van der Waals surface area contributed by atoms with Crippen molar-refractivity contribution in [2.24, 2.45) is 0 Å². The van der Waals surface area contributed by atoms with E-state index < -0.39 is 0 Å². The number of rotatable bonds is 6. The lowest BCUT2D eigenvalue weighted by molar-refractivity contribution is -0.118. The molecule has 0 bridgehead atoms. The summed E-state index contributed by atoms with van der Waals surface area (Å²) in [6.07, 6.45) is 0.962. The minimum atomic E-state index is -0.172. The van der Waals surface area contributed by atoms with Crippen molar-refractivity contribution >= 4 is 33.2 Å². The Kier molecular flexibility index (Phi) is 6.74. The van der Waals surface area contributed by atoms with E-state index in [1.54, 1.807) is 0 Å². The van der Waals surface area contributed by atoms with Crippen LogP contribution in [0.1, 0.15) is 12.5 Å². The van der Waals surface area contributed by atoms with E-state index in [1.165, 1.54) is 11.3 Å². The Morgan fingerprint density at radius 3 is 2.44 bits per heavy atom. The monoisotopic (exact) mass is 431 g/mol. The van der Waals surface area contributed by atoms with Crippen LogP contribution < -0.4 is 15.0 Å². The first-order valence-corrected chi connectivity index (χ1v) is 10.1. The minimum absolute atomic E-state index is 0.0235. The van der Waals surface area contributed by atoms with Crippen molar-refractivity contribution in [3.63, 3.8) is 0 Å². The molecule has 6 heteroatoms. The maximum atomic E-state index is 12.2. The molecule has 0 aromatic heterocycles. The van der Waals surface area contributed by atoms with E-state index in [2.05, 4.69) is 57.2 Å². The Morgan fingerprint density at radius 2 is 1.81 bits per heavy atom. The van der Waals surface area contributed by atoms with E-state index >= 15 is 0 Å². The Labute approximate surface area is 169 Å². The summed E-state index contributed by atoms with van der Waals surface area (Å²) in [7, 11) is 2.15. The lowest BCUT2D eigenvalue weighted by Crippen LogP contribution is -2.44. The second kappa shape index (κ2) is 9.24. The summed E-state index contributed by atoms with van der Waals surface area (Å²) in [5.74, 6) is 0.501. The van der Waals surface area contributed by atoms with Crippen LogP contribution in [0.2, 0.25) is 0 Å². The highest BCUT2D eigenvalue weighted by atomic mass is 79.9. The summed E-state index contributed by atoms with van der Waals surface area (Å²) in [5.41, 5.74) is 3.19. The highest BCUT2D eigenvalue weighted by molar-refractivity contribution is 9.10. The summed E-state index contributed by atoms with van der Waals surface area (Å²) in [4.78, 5) is 16.9. The van der Waals surface area contributed by atoms with E-state index in [0.717, 1.165) is 42.8 Å². The lowest BCUT2D eigenvalue weighted by Gasteiger charge is -2.34. The standard InChI is InChI=1S/C21H26BrN3O2/c1-3-16-4-9-20(19(22)14-16)27-15-21(26)23-17-5-7-18(8-6-17)25-12-10-24(2)11-13-25/h4-9,14H,3,10-13,15H2,1-2H3,(H,23,26). The van der Waals surface area contributed by atoms with Gasteiger partial charge in [0.2, 0.25) is 0 Å². The van der Waals surface area contributed by atoms with Gasteiger partial charge in [0, 0.05) is 37.6 Å². The summed E-state index contributed by atoms with van der Waals surface area (Å²) >= 11 is 3.49. The molecule has 5 nitrogen and oxygen atoms in total. The second-order valence-corrected chi connectivity index (χ2v) is 7.65. The number of nitrogens with one attached hydrogen (secondary N) is 1. The Hall–Kier alpha value is -2.05. The Morgan fingerprint density at radius 1 is 1.11 bits per heavy atom. The van der Waals surface area contributed by atoms with Crippen molar-refractivity contribution in [3.8, 4) is 5.75 Å². The van der Waals surface area contributed by atoms with Crippen LogP contribution in [0, 0.1) is 0 Å². The molecule has 0 aliphatic carbocycles. The van der Waals surface area contributed by atoms with Gasteiger partial charge in [-0.2, -0.15) is 0 Å². The SMILES string of the molecule is CCc1ccc(OCC(=O)Nc2ccc(N3CCN(C)CC3)cc2)c(Br)c1. The molecule has 1 saturated heterocycles. The van der Waals surface area contributed by atoms with Gasteiger partial charge in [-0.05, 0) is 71.4 Å². The average molecular weight is 432 g/mol. The maximum Gasteiger partial charge on any atom is 0.262 e. The normalized spacial score (nSPS) is 14.9. The molecular formula is C21H26BrN3O2. The fraction of sp³-hybridized carbons (Fsp3) is 0.381. The molecule has 0 spiro atoms. The predicted octanol–water partition coefficient (Wildman–Crippen LogP) is 3.78. The van der Waals surface area contributed by atoms with Gasteiger partial charge in [0.15, 0.2) is 6.61 Å². The van der Waals surface area contributed by atoms with Crippen LogP contribution in [-0.2, 0) is 11.2 Å². The zero-order valence-corrected chi connectivity index (χ0v) is 17.5. The van der Waals surface area contributed by atoms with Gasteiger partial charge in [-0.25, -0.2) is 0 Å². The molecule has 0 radical (unpaired) electrons. The lowest BCUT2D eigenvalue weighted by atomic mass is 10.2. The van der Waals surface area contributed by atoms with Gasteiger partial charge >= 0.3 is 0 Å². The third-order valence-corrected chi connectivity index (χ3v) is 5.40. The quantitative estimate of drug-likeness (QED) is 0.755. The zero-order valence-electron chi connectivity index (χ0n) is 15.9. The minimum Gasteiger partial charge on any atom is -0.483 e. The van der Waals surface area contributed by atoms with Crippen LogP contribution in [0.25, 0.3) is 0 Å². The first-order chi connectivity index (χ1) is 13.0. The van der Waals surface area contributed by atoms with Gasteiger partial charge in [0.05, 0.1) is 4.47 Å². The van der Waals surface area contributed by atoms with E-state index in [9.17, 15) is 4.79 Å². The first kappa shape index (κ1) is 19.7. The number of benzene rings is 2. The van der Waals surface area contributed by atoms with Crippen molar-refractivity contribution in [2.45, 2.75) is 13.3 Å². The Balaban J connectivity index is 1.50. The number of halogens is 1. The van der Waals surface area contributed by atoms with Crippen LogP contribution in [0.15, 0.2) is 46.9 Å². The third-order valence-electron chi connectivity index (χ3n) is 4.78. The highest BCUT2D eigenvalue weighted by Gasteiger charge is 2.14. The number of carbonyl (C=O) groups is 1. The highest BCUT2D eigenvalue weighted by Crippen LogP contribution is 2.26. The summed E-state index contributed by atoms with van der Waals surface area (Å²) in [6, 6.07) is 13.9. The fourth-order valence-electron chi connectivity index (χ4n) is 3.04. The van der Waals surface area contributed by atoms with E-state index in [4.69, 9.17) is 4.74 Å². The van der Waals surface area contributed by atoms with Gasteiger partial charge in [-0.15, -0.1) is 0 Å². The molecule has 1 N–H and O–H groups in total. The number of anilines is 2. The number of carbonyl (C=O) groups excluding carboxylic acids is 1. The van der Waals surface area contributed by atoms with Gasteiger partial charge < -0.3 is 19.9 Å². The molecule has 0 unspecified atom stereocenters. The molecule has 2 aromatic rings. The molecule has 27 heavy (non-hydrogen) atoms. The second-order valence-electron chi connectivity index (χ2n) is 6.79. The van der Waals surface area contributed by atoms with Crippen LogP contribution in [0.4, 0.5) is 11.4 Å². The molecule has 1 heterocycles. The van der Waals surface area contributed by atoms with Crippen molar-refractivity contribution in [3.05, 3.63) is 52.5 Å². The molecule has 3 rings (SSSR count). The molecule has 0 saturated carbocycles. The van der Waals surface area contributed by atoms with E-state index in [-0.39, 0.29) is 12.5 Å². The van der Waals surface area contributed by atoms with Gasteiger partial charge in [0.25, 0.3) is 5.91 Å². The zero-order chi connectivity index (χ0) is 19.2. The number of likely N-dealkylation sites (N-methyl/N-ethyl adjacent to an activating group) is 1. The van der Waals surface area contributed by atoms with Crippen molar-refractivity contribution in [1.29, 1.82) is 0 Å². The van der Waals surface area contributed by atoms with Crippen LogP contribution in [0.5, 0.6) is 5.75 Å². The van der Waals surface area contributed by atoms with Gasteiger partial charge in [-0.1, -0.05) is 13.0 Å². The van der Waals surface area contributed by atoms with Gasteiger partial charge in [0.1, 0.15) is 5.75 Å². The molecule has 1 aliphatic heterocycles. The van der Waals surface area contributed by atoms with E-state index in [0.29, 0.717) is 5.75 Å². The van der Waals surface area contributed by atoms with Crippen molar-refractivity contribution in [1.82, 2.24) is 4.90 Å². The molecule has 1 fully saturated rings. The molecule has 144 valence electrons. The number of hydrogen-bond acceptors (Lipinski definition) is 4. The Bertz CT molecular complexity index is 771. The molecule has 0 atom stereocenters. The molecule has 1 amide bonds. The van der Waals surface area contributed by atoms with Crippen molar-refractivity contribution < 1.29 is 9.53 Å². The fourth-order valence-corrected chi connectivity index (χ4v) is 3.58. The largest absolute Gasteiger partial charge is 0.483 e. The molecule has 1 aliphatic rings. The van der Waals surface area contributed by atoms with Crippen LogP contribution >= 0.6 is 15.9 Å². The summed E-state index contributed by atoms with van der Waals surface area (Å²) in [6.45, 7) is 6.29. The number of nitrogens with zero attached hydrogens (tertiary/aromatic N) is 2. The molecule has 2 aromatic carbocycles. The van der Waals surface area contributed by atoms with Gasteiger partial charge in [-0.3, -0.25) is 4.79 Å². The number of amides is 1.